The maximum absolute atomic E-state index is 12.2. The molecule has 0 aromatic rings. The van der Waals surface area contributed by atoms with E-state index in [1.54, 1.807) is 0 Å². The van der Waals surface area contributed by atoms with Crippen LogP contribution in [0.25, 0.3) is 0 Å². The van der Waals surface area contributed by atoms with Crippen LogP contribution in [0.15, 0.2) is 0 Å². The number of likely N-dealkylation sites (tertiary alicyclic amines) is 1. The molecular weight excluding hydrogens is 324 g/mol. The smallest absolute Gasteiger partial charge is 0.222 e. The molecule has 0 aromatic heterocycles. The normalized spacial score (nSPS) is 25.3. The first-order chi connectivity index (χ1) is 11.2. The average molecular weight is 361 g/mol. The third-order valence-electron chi connectivity index (χ3n) is 5.49. The van der Waals surface area contributed by atoms with Crippen molar-refractivity contribution in [3.63, 3.8) is 0 Å². The molecule has 0 unspecified atom stereocenters. The number of nitrogens with two attached hydrogens (primary N) is 1. The number of ether oxygens (including phenoxy) is 1. The lowest BCUT2D eigenvalue weighted by Crippen LogP contribution is -2.42. The largest absolute Gasteiger partial charge is 0.375 e. The number of carbonyl (C=O) groups excluding carboxylic acids is 1. The number of hydrogen-bond donors (Lipinski definition) is 1. The van der Waals surface area contributed by atoms with E-state index in [1.807, 2.05) is 4.90 Å². The molecule has 2 fully saturated rings. The van der Waals surface area contributed by atoms with E-state index in [2.05, 4.69) is 6.92 Å². The van der Waals surface area contributed by atoms with Gasteiger partial charge in [-0.25, -0.2) is 0 Å². The van der Waals surface area contributed by atoms with Gasteiger partial charge in [-0.2, -0.15) is 0 Å². The Labute approximate surface area is 154 Å². The maximum Gasteiger partial charge on any atom is 0.222 e. The summed E-state index contributed by atoms with van der Waals surface area (Å²) >= 11 is 0. The van der Waals surface area contributed by atoms with E-state index in [9.17, 15) is 4.79 Å². The number of hydrogen-bond acceptors (Lipinski definition) is 3. The Morgan fingerprint density at radius 1 is 0.958 bits per heavy atom. The lowest BCUT2D eigenvalue weighted by Gasteiger charge is -2.35. The minimum absolute atomic E-state index is 0. The lowest BCUT2D eigenvalue weighted by atomic mass is 9.88. The number of rotatable bonds is 8. The number of nitrogens with zero attached hydrogens (tertiary/aromatic N) is 1. The molecule has 2 rings (SSSR count). The summed E-state index contributed by atoms with van der Waals surface area (Å²) in [5.41, 5.74) is 5.49. The molecule has 0 radical (unpaired) electrons. The van der Waals surface area contributed by atoms with Crippen LogP contribution in [0.3, 0.4) is 0 Å². The molecular formula is C19H37ClN2O2. The van der Waals surface area contributed by atoms with Crippen molar-refractivity contribution in [3.05, 3.63) is 0 Å². The lowest BCUT2D eigenvalue weighted by molar-refractivity contribution is -0.135. The number of unbranched alkanes of at least 4 members (excludes halogenated alkanes) is 3. The van der Waals surface area contributed by atoms with Crippen molar-refractivity contribution < 1.29 is 9.53 Å². The summed E-state index contributed by atoms with van der Waals surface area (Å²) in [7, 11) is 0. The fraction of sp³-hybridized carbons (Fsp3) is 0.947. The summed E-state index contributed by atoms with van der Waals surface area (Å²) in [6.45, 7) is 4.88. The standard InChI is InChI=1S/C19H36N2O2.ClH/c1-16-7-9-17(10-8-16)23-18-11-14-21(15-12-18)19(22)6-4-2-3-5-13-20;/h16-18H,2-15,20H2,1H3;1H. The zero-order valence-electron chi connectivity index (χ0n) is 15.4. The van der Waals surface area contributed by atoms with Gasteiger partial charge < -0.3 is 15.4 Å². The molecule has 1 aliphatic heterocycles. The Morgan fingerprint density at radius 2 is 1.54 bits per heavy atom. The highest BCUT2D eigenvalue weighted by Gasteiger charge is 2.26. The molecule has 24 heavy (non-hydrogen) atoms. The number of halogens is 1. The Bertz CT molecular complexity index is 338. The monoisotopic (exact) mass is 360 g/mol. The van der Waals surface area contributed by atoms with Crippen LogP contribution in [0.5, 0.6) is 0 Å². The topological polar surface area (TPSA) is 55.6 Å². The molecule has 142 valence electrons. The Hall–Kier alpha value is -0.320. The van der Waals surface area contributed by atoms with E-state index in [0.29, 0.717) is 24.5 Å². The van der Waals surface area contributed by atoms with E-state index < -0.39 is 0 Å². The molecule has 1 amide bonds. The van der Waals surface area contributed by atoms with Crippen molar-refractivity contribution in [2.75, 3.05) is 19.6 Å². The molecule has 0 aromatic carbocycles. The highest BCUT2D eigenvalue weighted by Crippen LogP contribution is 2.28. The summed E-state index contributed by atoms with van der Waals surface area (Å²) in [4.78, 5) is 14.3. The van der Waals surface area contributed by atoms with E-state index in [-0.39, 0.29) is 12.4 Å². The van der Waals surface area contributed by atoms with Gasteiger partial charge >= 0.3 is 0 Å². The van der Waals surface area contributed by atoms with E-state index in [4.69, 9.17) is 10.5 Å². The second kappa shape index (κ2) is 12.1. The van der Waals surface area contributed by atoms with E-state index in [0.717, 1.165) is 64.1 Å². The molecule has 1 heterocycles. The van der Waals surface area contributed by atoms with E-state index >= 15 is 0 Å². The maximum atomic E-state index is 12.2. The van der Waals surface area contributed by atoms with Crippen molar-refractivity contribution >= 4 is 18.3 Å². The fourth-order valence-corrected chi connectivity index (χ4v) is 3.81. The van der Waals surface area contributed by atoms with Crippen molar-refractivity contribution in [1.29, 1.82) is 0 Å². The number of piperidine rings is 1. The highest BCUT2D eigenvalue weighted by atomic mass is 35.5. The van der Waals surface area contributed by atoms with Gasteiger partial charge in [0, 0.05) is 19.5 Å². The molecule has 1 aliphatic carbocycles. The molecule has 1 saturated heterocycles. The van der Waals surface area contributed by atoms with Gasteiger partial charge in [-0.05, 0) is 63.8 Å². The first-order valence-electron chi connectivity index (χ1n) is 9.82. The second-order valence-corrected chi connectivity index (χ2v) is 7.55. The van der Waals surface area contributed by atoms with E-state index in [1.165, 1.54) is 25.7 Å². The highest BCUT2D eigenvalue weighted by molar-refractivity contribution is 5.85. The molecule has 1 saturated carbocycles. The van der Waals surface area contributed by atoms with Gasteiger partial charge in [-0.3, -0.25) is 4.79 Å². The van der Waals surface area contributed by atoms with Crippen LogP contribution >= 0.6 is 12.4 Å². The Kier molecular flexibility index (Phi) is 11.0. The van der Waals surface area contributed by atoms with Crippen LogP contribution in [0.4, 0.5) is 0 Å². The summed E-state index contributed by atoms with van der Waals surface area (Å²) in [6, 6.07) is 0. The first kappa shape index (κ1) is 21.7. The van der Waals surface area contributed by atoms with Crippen molar-refractivity contribution in [3.8, 4) is 0 Å². The number of amides is 1. The van der Waals surface area contributed by atoms with Gasteiger partial charge in [0.15, 0.2) is 0 Å². The third kappa shape index (κ3) is 7.71. The average Bonchev–Trinajstić information content (AvgIpc) is 2.57. The predicted octanol–water partition coefficient (Wildman–Crippen LogP) is 3.90. The van der Waals surface area contributed by atoms with Crippen LogP contribution < -0.4 is 5.73 Å². The van der Waals surface area contributed by atoms with Crippen LogP contribution in [-0.2, 0) is 9.53 Å². The molecule has 2 aliphatic rings. The molecule has 0 bridgehead atoms. The van der Waals surface area contributed by atoms with Gasteiger partial charge in [0.05, 0.1) is 12.2 Å². The molecule has 0 atom stereocenters. The Balaban J connectivity index is 0.00000288. The zero-order chi connectivity index (χ0) is 16.5. The van der Waals surface area contributed by atoms with Crippen molar-refractivity contribution in [1.82, 2.24) is 4.90 Å². The molecule has 0 spiro atoms. The van der Waals surface area contributed by atoms with Crippen molar-refractivity contribution in [2.24, 2.45) is 11.7 Å². The van der Waals surface area contributed by atoms with Gasteiger partial charge in [0.1, 0.15) is 0 Å². The summed E-state index contributed by atoms with van der Waals surface area (Å²) in [5.74, 6) is 1.21. The number of carbonyl (C=O) groups is 1. The quantitative estimate of drug-likeness (QED) is 0.668. The van der Waals surface area contributed by atoms with Gasteiger partial charge in [-0.1, -0.05) is 19.8 Å². The van der Waals surface area contributed by atoms with Crippen LogP contribution in [0.2, 0.25) is 0 Å². The molecule has 2 N–H and O–H groups in total. The van der Waals surface area contributed by atoms with Gasteiger partial charge in [0.2, 0.25) is 5.91 Å². The van der Waals surface area contributed by atoms with Crippen LogP contribution in [0, 0.1) is 5.92 Å². The minimum atomic E-state index is 0. The van der Waals surface area contributed by atoms with Crippen LogP contribution in [0.1, 0.15) is 77.6 Å². The van der Waals surface area contributed by atoms with Crippen LogP contribution in [-0.4, -0.2) is 42.6 Å². The molecule has 5 heteroatoms. The third-order valence-corrected chi connectivity index (χ3v) is 5.49. The predicted molar refractivity (Wildman–Crippen MR) is 101 cm³/mol. The fourth-order valence-electron chi connectivity index (χ4n) is 3.81. The Morgan fingerprint density at radius 3 is 2.17 bits per heavy atom. The minimum Gasteiger partial charge on any atom is -0.375 e. The first-order valence-corrected chi connectivity index (χ1v) is 9.82. The summed E-state index contributed by atoms with van der Waals surface area (Å²) in [5, 5.41) is 0. The van der Waals surface area contributed by atoms with Gasteiger partial charge in [0.25, 0.3) is 0 Å². The second-order valence-electron chi connectivity index (χ2n) is 7.55. The molecule has 4 nitrogen and oxygen atoms in total. The van der Waals surface area contributed by atoms with Crippen molar-refractivity contribution in [2.45, 2.75) is 89.8 Å². The summed E-state index contributed by atoms with van der Waals surface area (Å²) in [6.07, 6.45) is 13.0. The summed E-state index contributed by atoms with van der Waals surface area (Å²) < 4.78 is 6.28. The van der Waals surface area contributed by atoms with Gasteiger partial charge in [-0.15, -0.1) is 12.4 Å². The zero-order valence-corrected chi connectivity index (χ0v) is 16.2. The SMILES string of the molecule is CC1CCC(OC2CCN(C(=O)CCCCCCN)CC2)CC1.Cl.